The zero-order valence-corrected chi connectivity index (χ0v) is 27.3. The van der Waals surface area contributed by atoms with Gasteiger partial charge in [-0.05, 0) is 71.7 Å². The van der Waals surface area contributed by atoms with Crippen molar-refractivity contribution in [3.05, 3.63) is 63.8 Å². The molecule has 0 aliphatic carbocycles. The molecule has 0 saturated carbocycles. The Kier molecular flexibility index (Phi) is 10.6. The van der Waals surface area contributed by atoms with Crippen molar-refractivity contribution in [1.29, 1.82) is 5.41 Å². The van der Waals surface area contributed by atoms with Gasteiger partial charge >= 0.3 is 5.97 Å². The Morgan fingerprint density at radius 1 is 1.19 bits per heavy atom. The number of carbonyl (C=O) groups excluding carboxylic acids is 1. The molecular weight excluding hydrogens is 647 g/mol. The summed E-state index contributed by atoms with van der Waals surface area (Å²) in [5.41, 5.74) is 9.53. The van der Waals surface area contributed by atoms with Gasteiger partial charge in [0.2, 0.25) is 0 Å². The number of rotatable bonds is 15. The molecule has 16 heteroatoms. The second kappa shape index (κ2) is 14.8. The van der Waals surface area contributed by atoms with Crippen molar-refractivity contribution in [2.24, 2.45) is 10.9 Å². The lowest BCUT2D eigenvalue weighted by atomic mass is 10.00. The zero-order chi connectivity index (χ0) is 33.6. The molecule has 2 aromatic carbocycles. The summed E-state index contributed by atoms with van der Waals surface area (Å²) in [6.45, 7) is 3.76. The van der Waals surface area contributed by atoms with Crippen molar-refractivity contribution in [1.82, 2.24) is 16.0 Å². The molecule has 0 saturated heterocycles. The molecule has 1 amide bonds. The van der Waals surface area contributed by atoms with E-state index in [1.165, 1.54) is 6.07 Å². The standard InChI is InChI=1S/C31H37N7O7S2/c1-18-12-23(37-45-18)17-34-16-19-4-2-5-20(13-19)22-14-21-7-10-44-27(21)26(15-22)47(42,43)38-24-8-11-46-28(24)29(39)36-25(30(40)41)6-3-9-35-31(32)33/h2,4-5,8,11,13-15,18,25,34,38H,3,6-7,9-10,12,16-17H2,1H3,(H,36,39)(H,40,41)(H4,32,33,35). The van der Waals surface area contributed by atoms with Crippen LogP contribution in [-0.2, 0) is 32.6 Å². The largest absolute Gasteiger partial charge is 0.492 e. The third-order valence-electron chi connectivity index (χ3n) is 7.55. The minimum absolute atomic E-state index is 0.0141. The number of carboxylic acids is 1. The summed E-state index contributed by atoms with van der Waals surface area (Å²) < 4.78 is 36.0. The van der Waals surface area contributed by atoms with Crippen LogP contribution in [0.1, 0.15) is 47.0 Å². The Morgan fingerprint density at radius 2 is 2.02 bits per heavy atom. The van der Waals surface area contributed by atoms with Gasteiger partial charge in [-0.25, -0.2) is 13.2 Å². The Bertz CT molecular complexity index is 1790. The summed E-state index contributed by atoms with van der Waals surface area (Å²) in [6, 6.07) is 11.5. The normalized spacial score (nSPS) is 15.9. The monoisotopic (exact) mass is 683 g/mol. The number of thiophene rings is 1. The van der Waals surface area contributed by atoms with Gasteiger partial charge in [0, 0.05) is 32.5 Å². The lowest BCUT2D eigenvalue weighted by molar-refractivity contribution is -0.139. The van der Waals surface area contributed by atoms with Crippen LogP contribution >= 0.6 is 11.3 Å². The van der Waals surface area contributed by atoms with Gasteiger partial charge in [-0.2, -0.15) is 0 Å². The number of benzene rings is 2. The molecule has 250 valence electrons. The first-order valence-corrected chi connectivity index (χ1v) is 17.4. The van der Waals surface area contributed by atoms with E-state index in [1.807, 2.05) is 37.3 Å². The summed E-state index contributed by atoms with van der Waals surface area (Å²) in [5, 5.41) is 30.9. The highest BCUT2D eigenvalue weighted by Crippen LogP contribution is 2.39. The molecule has 2 unspecified atom stereocenters. The topological polar surface area (TPSA) is 217 Å². The number of nitrogens with one attached hydrogen (secondary N) is 5. The summed E-state index contributed by atoms with van der Waals surface area (Å²) in [4.78, 5) is 30.1. The summed E-state index contributed by atoms with van der Waals surface area (Å²) in [6.07, 6.45) is 1.82. The van der Waals surface area contributed by atoms with Crippen molar-refractivity contribution in [3.8, 4) is 16.9 Å². The molecular formula is C31H37N7O7S2. The number of fused-ring (bicyclic) bond motifs is 1. The van der Waals surface area contributed by atoms with Gasteiger partial charge < -0.3 is 36.4 Å². The SMILES string of the molecule is CC1CC(CNCc2cccc(-c3cc4c(c(S(=O)(=O)Nc5ccsc5C(=O)NC(CCCNC(=N)N)C(=O)O)c3)OCC4)c2)=NO1. The third-order valence-corrected chi connectivity index (χ3v) is 9.83. The second-order valence-electron chi connectivity index (χ2n) is 11.3. The van der Waals surface area contributed by atoms with Gasteiger partial charge in [-0.3, -0.25) is 14.9 Å². The number of oxime groups is 1. The average Bonchev–Trinajstić information content (AvgIpc) is 3.79. The first kappa shape index (κ1) is 33.7. The van der Waals surface area contributed by atoms with E-state index >= 15 is 0 Å². The number of sulfonamides is 1. The number of nitrogens with zero attached hydrogens (tertiary/aromatic N) is 1. The smallest absolute Gasteiger partial charge is 0.326 e. The number of hydrogen-bond donors (Lipinski definition) is 7. The number of aliphatic carboxylic acids is 1. The van der Waals surface area contributed by atoms with Crippen molar-refractivity contribution >= 4 is 50.6 Å². The van der Waals surface area contributed by atoms with Crippen LogP contribution in [0.5, 0.6) is 5.75 Å². The summed E-state index contributed by atoms with van der Waals surface area (Å²) in [5.74, 6) is -1.95. The average molecular weight is 684 g/mol. The van der Waals surface area contributed by atoms with Crippen LogP contribution in [0.2, 0.25) is 0 Å². The van der Waals surface area contributed by atoms with Crippen molar-refractivity contribution < 1.29 is 32.7 Å². The van der Waals surface area contributed by atoms with Crippen LogP contribution in [0.25, 0.3) is 11.1 Å². The third kappa shape index (κ3) is 8.58. The lowest BCUT2D eigenvalue weighted by Gasteiger charge is -2.16. The first-order valence-electron chi connectivity index (χ1n) is 15.0. The summed E-state index contributed by atoms with van der Waals surface area (Å²) in [7, 11) is -4.25. The fraction of sp³-hybridized carbons (Fsp3) is 0.355. The van der Waals surface area contributed by atoms with Gasteiger partial charge in [0.15, 0.2) is 5.96 Å². The van der Waals surface area contributed by atoms with E-state index < -0.39 is 27.9 Å². The zero-order valence-electron chi connectivity index (χ0n) is 25.7. The number of carboxylic acid groups (broad SMARTS) is 1. The van der Waals surface area contributed by atoms with Crippen molar-refractivity contribution in [2.75, 3.05) is 24.4 Å². The van der Waals surface area contributed by atoms with Gasteiger partial charge in [0.05, 0.1) is 18.0 Å². The van der Waals surface area contributed by atoms with Crippen LogP contribution in [0.15, 0.2) is 57.9 Å². The van der Waals surface area contributed by atoms with Crippen LogP contribution in [0.4, 0.5) is 5.69 Å². The number of ether oxygens (including phenoxy) is 1. The van der Waals surface area contributed by atoms with E-state index in [4.69, 9.17) is 20.7 Å². The maximum Gasteiger partial charge on any atom is 0.326 e. The molecule has 2 atom stereocenters. The molecule has 2 aliphatic rings. The molecule has 47 heavy (non-hydrogen) atoms. The van der Waals surface area contributed by atoms with Gasteiger partial charge in [-0.15, -0.1) is 11.3 Å². The number of hydrogen-bond acceptors (Lipinski definition) is 10. The number of carbonyl (C=O) groups is 2. The van der Waals surface area contributed by atoms with Crippen molar-refractivity contribution in [3.63, 3.8) is 0 Å². The highest BCUT2D eigenvalue weighted by Gasteiger charge is 2.29. The van der Waals surface area contributed by atoms with E-state index in [0.29, 0.717) is 38.1 Å². The van der Waals surface area contributed by atoms with E-state index in [2.05, 4.69) is 25.8 Å². The van der Waals surface area contributed by atoms with E-state index in [-0.39, 0.29) is 46.2 Å². The predicted molar refractivity (Wildman–Crippen MR) is 179 cm³/mol. The van der Waals surface area contributed by atoms with E-state index in [1.54, 1.807) is 11.4 Å². The maximum absolute atomic E-state index is 13.9. The Hall–Kier alpha value is -4.67. The van der Waals surface area contributed by atoms with Crippen LogP contribution < -0.4 is 31.1 Å². The van der Waals surface area contributed by atoms with Gasteiger partial charge in [0.1, 0.15) is 27.7 Å². The minimum Gasteiger partial charge on any atom is -0.492 e. The number of guanidine groups is 1. The Labute approximate surface area is 276 Å². The van der Waals surface area contributed by atoms with Crippen LogP contribution in [0.3, 0.4) is 0 Å². The predicted octanol–water partition coefficient (Wildman–Crippen LogP) is 2.85. The first-order chi connectivity index (χ1) is 22.5. The van der Waals surface area contributed by atoms with Crippen LogP contribution in [0, 0.1) is 5.41 Å². The molecule has 0 spiro atoms. The quantitative estimate of drug-likeness (QED) is 0.0706. The van der Waals surface area contributed by atoms with Crippen LogP contribution in [-0.4, -0.2) is 68.9 Å². The highest BCUT2D eigenvalue weighted by atomic mass is 32.2. The fourth-order valence-electron chi connectivity index (χ4n) is 5.30. The maximum atomic E-state index is 13.9. The molecule has 1 aromatic heterocycles. The van der Waals surface area contributed by atoms with Gasteiger partial charge in [-0.1, -0.05) is 23.4 Å². The molecule has 8 N–H and O–H groups in total. The van der Waals surface area contributed by atoms with E-state index in [9.17, 15) is 23.1 Å². The molecule has 3 heterocycles. The minimum atomic E-state index is -4.25. The molecule has 3 aromatic rings. The second-order valence-corrected chi connectivity index (χ2v) is 13.8. The van der Waals surface area contributed by atoms with Gasteiger partial charge in [0.25, 0.3) is 15.9 Å². The highest BCUT2D eigenvalue weighted by molar-refractivity contribution is 7.92. The molecule has 0 bridgehead atoms. The molecule has 0 fully saturated rings. The molecule has 14 nitrogen and oxygen atoms in total. The van der Waals surface area contributed by atoms with E-state index in [0.717, 1.165) is 40.2 Å². The molecule has 0 radical (unpaired) electrons. The Morgan fingerprint density at radius 3 is 2.77 bits per heavy atom. The lowest BCUT2D eigenvalue weighted by Crippen LogP contribution is -2.41. The fourth-order valence-corrected chi connectivity index (χ4v) is 7.40. The number of anilines is 1. The molecule has 2 aliphatic heterocycles. The Balaban J connectivity index is 1.32. The van der Waals surface area contributed by atoms with Crippen molar-refractivity contribution in [2.45, 2.75) is 56.2 Å². The number of amides is 1. The summed E-state index contributed by atoms with van der Waals surface area (Å²) >= 11 is 0.981. The molecule has 5 rings (SSSR count). The number of nitrogens with two attached hydrogens (primary N) is 1.